The summed E-state index contributed by atoms with van der Waals surface area (Å²) in [4.78, 5) is 26.4. The summed E-state index contributed by atoms with van der Waals surface area (Å²) in [6.45, 7) is 3.27. The number of aryl methyl sites for hydroxylation is 1. The number of hydrogen-bond donors (Lipinski definition) is 1. The molecule has 1 aliphatic heterocycles. The Hall–Kier alpha value is -2.82. The van der Waals surface area contributed by atoms with Gasteiger partial charge < -0.3 is 15.0 Å². The summed E-state index contributed by atoms with van der Waals surface area (Å²) in [6.07, 6.45) is 1.22. The number of piperidine rings is 1. The van der Waals surface area contributed by atoms with E-state index in [1.165, 1.54) is 0 Å². The van der Waals surface area contributed by atoms with Crippen LogP contribution in [0.2, 0.25) is 0 Å². The molecule has 5 nitrogen and oxygen atoms in total. The molecule has 0 radical (unpaired) electrons. The van der Waals surface area contributed by atoms with Crippen LogP contribution in [0.4, 0.5) is 10.5 Å². The number of carbonyl (C=O) groups is 2. The van der Waals surface area contributed by atoms with Gasteiger partial charge in [-0.15, -0.1) is 0 Å². The first-order valence-corrected chi connectivity index (χ1v) is 8.95. The third-order valence-corrected chi connectivity index (χ3v) is 4.57. The minimum atomic E-state index is -0.360. The summed E-state index contributed by atoms with van der Waals surface area (Å²) < 4.78 is 5.38. The zero-order valence-electron chi connectivity index (χ0n) is 15.0. The highest BCUT2D eigenvalue weighted by Gasteiger charge is 2.29. The summed E-state index contributed by atoms with van der Waals surface area (Å²) in [5.41, 5.74) is 2.88. The Labute approximate surface area is 154 Å². The summed E-state index contributed by atoms with van der Waals surface area (Å²) in [5.74, 6) is -0.260. The maximum absolute atomic E-state index is 12.5. The molecule has 1 N–H and O–H groups in total. The molecule has 26 heavy (non-hydrogen) atoms. The van der Waals surface area contributed by atoms with Gasteiger partial charge >= 0.3 is 6.09 Å². The molecule has 1 atom stereocenters. The lowest BCUT2D eigenvalue weighted by Gasteiger charge is -2.31. The number of carbonyl (C=O) groups excluding carboxylic acids is 2. The molecule has 1 heterocycles. The minimum absolute atomic E-state index is 0.0468. The lowest BCUT2D eigenvalue weighted by atomic mass is 9.97. The summed E-state index contributed by atoms with van der Waals surface area (Å²) in [7, 11) is 0. The van der Waals surface area contributed by atoms with Crippen molar-refractivity contribution in [1.29, 1.82) is 0 Å². The van der Waals surface area contributed by atoms with Crippen molar-refractivity contribution < 1.29 is 14.3 Å². The predicted octanol–water partition coefficient (Wildman–Crippen LogP) is 3.98. The molecule has 3 rings (SSSR count). The first-order chi connectivity index (χ1) is 12.6. The Bertz CT molecular complexity index is 744. The van der Waals surface area contributed by atoms with Gasteiger partial charge in [0.15, 0.2) is 0 Å². The van der Waals surface area contributed by atoms with E-state index in [0.29, 0.717) is 13.1 Å². The first kappa shape index (κ1) is 18.0. The molecule has 2 aromatic carbocycles. The van der Waals surface area contributed by atoms with Gasteiger partial charge in [-0.25, -0.2) is 4.79 Å². The van der Waals surface area contributed by atoms with Crippen LogP contribution in [0.1, 0.15) is 24.0 Å². The normalized spacial score (nSPS) is 16.8. The van der Waals surface area contributed by atoms with Crippen molar-refractivity contribution >= 4 is 17.7 Å². The molecule has 0 bridgehead atoms. The topological polar surface area (TPSA) is 58.6 Å². The van der Waals surface area contributed by atoms with E-state index in [4.69, 9.17) is 4.74 Å². The molecule has 0 aliphatic carbocycles. The second kappa shape index (κ2) is 8.52. The van der Waals surface area contributed by atoms with Crippen LogP contribution in [-0.2, 0) is 16.1 Å². The molecular formula is C21H24N2O3. The quantitative estimate of drug-likeness (QED) is 0.905. The number of nitrogens with one attached hydrogen (secondary N) is 1. The maximum Gasteiger partial charge on any atom is 0.410 e. The fourth-order valence-corrected chi connectivity index (χ4v) is 3.05. The largest absolute Gasteiger partial charge is 0.445 e. The Morgan fingerprint density at radius 2 is 1.85 bits per heavy atom. The molecule has 1 fully saturated rings. The minimum Gasteiger partial charge on any atom is -0.445 e. The van der Waals surface area contributed by atoms with Gasteiger partial charge in [0.25, 0.3) is 0 Å². The van der Waals surface area contributed by atoms with Crippen LogP contribution in [0, 0.1) is 12.8 Å². The Balaban J connectivity index is 1.52. The average Bonchev–Trinajstić information content (AvgIpc) is 2.69. The van der Waals surface area contributed by atoms with E-state index in [-0.39, 0.29) is 24.5 Å². The van der Waals surface area contributed by atoms with Gasteiger partial charge in [0.2, 0.25) is 5.91 Å². The Morgan fingerprint density at radius 3 is 2.58 bits per heavy atom. The van der Waals surface area contributed by atoms with E-state index in [9.17, 15) is 9.59 Å². The summed E-state index contributed by atoms with van der Waals surface area (Å²) >= 11 is 0. The standard InChI is InChI=1S/C21H24N2O3/c1-16-9-11-19(12-10-16)22-20(24)18-8-5-13-23(14-18)21(25)26-15-17-6-3-2-4-7-17/h2-4,6-7,9-12,18H,5,8,13-15H2,1H3,(H,22,24)/t18-/m1/s1. The first-order valence-electron chi connectivity index (χ1n) is 8.95. The molecule has 0 unspecified atom stereocenters. The van der Waals surface area contributed by atoms with Gasteiger partial charge in [0.05, 0.1) is 5.92 Å². The highest BCUT2D eigenvalue weighted by Crippen LogP contribution is 2.20. The molecule has 2 aromatic rings. The molecule has 5 heteroatoms. The zero-order valence-corrected chi connectivity index (χ0v) is 15.0. The predicted molar refractivity (Wildman–Crippen MR) is 101 cm³/mol. The number of hydrogen-bond acceptors (Lipinski definition) is 3. The van der Waals surface area contributed by atoms with E-state index >= 15 is 0 Å². The number of amides is 2. The van der Waals surface area contributed by atoms with Crippen LogP contribution in [0.5, 0.6) is 0 Å². The van der Waals surface area contributed by atoms with E-state index < -0.39 is 0 Å². The number of likely N-dealkylation sites (tertiary alicyclic amines) is 1. The van der Waals surface area contributed by atoms with Gasteiger partial charge in [0.1, 0.15) is 6.61 Å². The van der Waals surface area contributed by atoms with E-state index in [0.717, 1.165) is 29.7 Å². The van der Waals surface area contributed by atoms with Crippen molar-refractivity contribution in [2.24, 2.45) is 5.92 Å². The van der Waals surface area contributed by atoms with E-state index in [2.05, 4.69) is 5.32 Å². The summed E-state index contributed by atoms with van der Waals surface area (Å²) in [5, 5.41) is 2.94. The van der Waals surface area contributed by atoms with Crippen LogP contribution in [0.3, 0.4) is 0 Å². The van der Waals surface area contributed by atoms with Gasteiger partial charge in [0, 0.05) is 18.8 Å². The molecule has 0 saturated carbocycles. The van der Waals surface area contributed by atoms with Crippen LogP contribution >= 0.6 is 0 Å². The molecule has 1 aliphatic rings. The SMILES string of the molecule is Cc1ccc(NC(=O)[C@@H]2CCCN(C(=O)OCc3ccccc3)C2)cc1. The molecular weight excluding hydrogens is 328 g/mol. The Morgan fingerprint density at radius 1 is 1.12 bits per heavy atom. The van der Waals surface area contributed by atoms with Gasteiger partial charge in [-0.3, -0.25) is 4.79 Å². The highest BCUT2D eigenvalue weighted by molar-refractivity contribution is 5.93. The van der Waals surface area contributed by atoms with Crippen molar-refractivity contribution in [3.63, 3.8) is 0 Å². The average molecular weight is 352 g/mol. The van der Waals surface area contributed by atoms with E-state index in [1.807, 2.05) is 61.5 Å². The number of anilines is 1. The molecule has 1 saturated heterocycles. The second-order valence-corrected chi connectivity index (χ2v) is 6.68. The fraction of sp³-hybridized carbons (Fsp3) is 0.333. The number of rotatable bonds is 4. The van der Waals surface area contributed by atoms with Crippen molar-refractivity contribution in [2.45, 2.75) is 26.4 Å². The number of ether oxygens (including phenoxy) is 1. The smallest absolute Gasteiger partial charge is 0.410 e. The van der Waals surface area contributed by atoms with Crippen LogP contribution in [0.25, 0.3) is 0 Å². The lowest BCUT2D eigenvalue weighted by molar-refractivity contribution is -0.121. The second-order valence-electron chi connectivity index (χ2n) is 6.68. The van der Waals surface area contributed by atoms with Crippen molar-refractivity contribution in [3.8, 4) is 0 Å². The van der Waals surface area contributed by atoms with Gasteiger partial charge in [-0.2, -0.15) is 0 Å². The van der Waals surface area contributed by atoms with Crippen LogP contribution in [-0.4, -0.2) is 30.0 Å². The molecule has 136 valence electrons. The number of benzene rings is 2. The van der Waals surface area contributed by atoms with E-state index in [1.54, 1.807) is 4.90 Å². The monoisotopic (exact) mass is 352 g/mol. The van der Waals surface area contributed by atoms with Gasteiger partial charge in [-0.05, 0) is 37.5 Å². The molecule has 0 spiro atoms. The van der Waals surface area contributed by atoms with Crippen molar-refractivity contribution in [3.05, 3.63) is 65.7 Å². The van der Waals surface area contributed by atoms with Crippen LogP contribution < -0.4 is 5.32 Å². The summed E-state index contributed by atoms with van der Waals surface area (Å²) in [6, 6.07) is 17.3. The highest BCUT2D eigenvalue weighted by atomic mass is 16.6. The number of nitrogens with zero attached hydrogens (tertiary/aromatic N) is 1. The lowest BCUT2D eigenvalue weighted by Crippen LogP contribution is -2.44. The third kappa shape index (κ3) is 4.85. The van der Waals surface area contributed by atoms with Gasteiger partial charge in [-0.1, -0.05) is 48.0 Å². The Kier molecular flexibility index (Phi) is 5.89. The molecule has 0 aromatic heterocycles. The van der Waals surface area contributed by atoms with Crippen molar-refractivity contribution in [1.82, 2.24) is 4.90 Å². The van der Waals surface area contributed by atoms with Crippen LogP contribution in [0.15, 0.2) is 54.6 Å². The maximum atomic E-state index is 12.5. The fourth-order valence-electron chi connectivity index (χ4n) is 3.05. The molecule has 2 amide bonds. The third-order valence-electron chi connectivity index (χ3n) is 4.57. The van der Waals surface area contributed by atoms with Crippen molar-refractivity contribution in [2.75, 3.05) is 18.4 Å². The zero-order chi connectivity index (χ0) is 18.4.